The lowest BCUT2D eigenvalue weighted by Crippen LogP contribution is -2.22. The molecule has 24 heavy (non-hydrogen) atoms. The number of carbonyl (C=O) groups excluding carboxylic acids is 1. The van der Waals surface area contributed by atoms with Gasteiger partial charge in [0.15, 0.2) is 5.16 Å². The number of aromatic nitrogens is 3. The van der Waals surface area contributed by atoms with E-state index in [9.17, 15) is 18.0 Å². The number of nitrogens with two attached hydrogens (primary N) is 1. The predicted octanol–water partition coefficient (Wildman–Crippen LogP) is 2.13. The molecule has 3 N–H and O–H groups in total. The number of para-hydroxylation sites is 1. The number of nitriles is 1. The Morgan fingerprint density at radius 1 is 1.38 bits per heavy atom. The van der Waals surface area contributed by atoms with Crippen LogP contribution in [0.5, 0.6) is 0 Å². The smallest absolute Gasteiger partial charge is 0.368 e. The fraction of sp³-hybridized carbons (Fsp3) is 0.231. The summed E-state index contributed by atoms with van der Waals surface area (Å²) in [6.07, 6.45) is -4.59. The summed E-state index contributed by atoms with van der Waals surface area (Å²) in [5.74, 6) is -0.733. The van der Waals surface area contributed by atoms with Gasteiger partial charge in [-0.05, 0) is 12.1 Å². The second kappa shape index (κ2) is 7.22. The summed E-state index contributed by atoms with van der Waals surface area (Å²) in [7, 11) is 0. The summed E-state index contributed by atoms with van der Waals surface area (Å²) in [4.78, 5) is 12.1. The van der Waals surface area contributed by atoms with E-state index >= 15 is 0 Å². The lowest BCUT2D eigenvalue weighted by molar-refractivity contribution is -0.137. The maximum Gasteiger partial charge on any atom is 0.418 e. The number of thioether (sulfide) groups is 1. The minimum absolute atomic E-state index is 0.0661. The highest BCUT2D eigenvalue weighted by Crippen LogP contribution is 2.34. The second-order valence-corrected chi connectivity index (χ2v) is 5.41. The van der Waals surface area contributed by atoms with Crippen LogP contribution in [-0.4, -0.2) is 26.4 Å². The molecular formula is C13H11F3N6OS. The number of hydrogen-bond acceptors (Lipinski definition) is 6. The Hall–Kier alpha value is -2.74. The zero-order valence-corrected chi connectivity index (χ0v) is 12.9. The highest BCUT2D eigenvalue weighted by atomic mass is 32.2. The van der Waals surface area contributed by atoms with Gasteiger partial charge < -0.3 is 11.1 Å². The van der Waals surface area contributed by atoms with Crippen molar-refractivity contribution in [2.45, 2.75) is 17.9 Å². The number of nitrogens with zero attached hydrogens (tertiary/aromatic N) is 4. The van der Waals surface area contributed by atoms with Crippen LogP contribution < -0.4 is 11.1 Å². The first kappa shape index (κ1) is 17.6. The Balaban J connectivity index is 2.16. The molecule has 0 fully saturated rings. The van der Waals surface area contributed by atoms with Crippen molar-refractivity contribution in [1.29, 1.82) is 5.26 Å². The zero-order valence-electron chi connectivity index (χ0n) is 12.0. The second-order valence-electron chi connectivity index (χ2n) is 4.47. The molecule has 0 spiro atoms. The Labute approximate surface area is 138 Å². The SMILES string of the molecule is N#CCSc1nnc(N)n1CC(=O)Nc1ccccc1C(F)(F)F. The Morgan fingerprint density at radius 3 is 2.75 bits per heavy atom. The van der Waals surface area contributed by atoms with Gasteiger partial charge in [0.1, 0.15) is 6.54 Å². The predicted molar refractivity (Wildman–Crippen MR) is 80.8 cm³/mol. The third-order valence-electron chi connectivity index (χ3n) is 2.82. The van der Waals surface area contributed by atoms with Gasteiger partial charge in [-0.1, -0.05) is 23.9 Å². The molecule has 11 heteroatoms. The highest BCUT2D eigenvalue weighted by Gasteiger charge is 2.33. The number of anilines is 2. The molecule has 0 aliphatic heterocycles. The molecule has 1 aromatic carbocycles. The van der Waals surface area contributed by atoms with Crippen LogP contribution in [0.3, 0.4) is 0 Å². The van der Waals surface area contributed by atoms with E-state index in [-0.39, 0.29) is 29.1 Å². The van der Waals surface area contributed by atoms with Gasteiger partial charge in [-0.3, -0.25) is 9.36 Å². The molecule has 0 unspecified atom stereocenters. The number of benzene rings is 1. The maximum absolute atomic E-state index is 12.9. The van der Waals surface area contributed by atoms with Crippen molar-refractivity contribution in [3.05, 3.63) is 29.8 Å². The van der Waals surface area contributed by atoms with Crippen molar-refractivity contribution in [3.63, 3.8) is 0 Å². The molecule has 0 aliphatic carbocycles. The molecule has 2 aromatic rings. The number of nitrogen functional groups attached to an aromatic ring is 1. The molecular weight excluding hydrogens is 345 g/mol. The number of amides is 1. The van der Waals surface area contributed by atoms with Crippen molar-refractivity contribution in [1.82, 2.24) is 14.8 Å². The average molecular weight is 356 g/mol. The zero-order chi connectivity index (χ0) is 17.7. The first-order valence-electron chi connectivity index (χ1n) is 6.47. The molecule has 1 aromatic heterocycles. The van der Waals surface area contributed by atoms with Gasteiger partial charge in [0, 0.05) is 0 Å². The van der Waals surface area contributed by atoms with Crippen LogP contribution in [0, 0.1) is 11.3 Å². The number of alkyl halides is 3. The number of nitrogens with one attached hydrogen (secondary N) is 1. The molecule has 2 rings (SSSR count). The summed E-state index contributed by atoms with van der Waals surface area (Å²) < 4.78 is 40.0. The van der Waals surface area contributed by atoms with E-state index in [1.54, 1.807) is 0 Å². The highest BCUT2D eigenvalue weighted by molar-refractivity contribution is 7.99. The molecule has 1 amide bonds. The minimum Gasteiger partial charge on any atom is -0.368 e. The Kier molecular flexibility index (Phi) is 5.30. The Bertz CT molecular complexity index is 783. The van der Waals surface area contributed by atoms with Crippen molar-refractivity contribution in [3.8, 4) is 6.07 Å². The molecule has 7 nitrogen and oxygen atoms in total. The molecule has 0 saturated heterocycles. The summed E-state index contributed by atoms with van der Waals surface area (Å²) in [5.41, 5.74) is 4.28. The maximum atomic E-state index is 12.9. The largest absolute Gasteiger partial charge is 0.418 e. The third-order valence-corrected chi connectivity index (χ3v) is 3.65. The van der Waals surface area contributed by atoms with Crippen LogP contribution in [0.4, 0.5) is 24.8 Å². The van der Waals surface area contributed by atoms with Crippen LogP contribution in [0.25, 0.3) is 0 Å². The van der Waals surface area contributed by atoms with E-state index < -0.39 is 17.6 Å². The fourth-order valence-electron chi connectivity index (χ4n) is 1.82. The van der Waals surface area contributed by atoms with E-state index in [0.29, 0.717) is 0 Å². The normalized spacial score (nSPS) is 11.1. The standard InChI is InChI=1S/C13H11F3N6OS/c14-13(15,16)8-3-1-2-4-9(8)19-10(23)7-22-11(18)20-21-12(22)24-6-5-17/h1-4H,6-7H2,(H2,18,20)(H,19,23). The third kappa shape index (κ3) is 4.17. The van der Waals surface area contributed by atoms with Gasteiger partial charge in [-0.2, -0.15) is 18.4 Å². The molecule has 0 atom stereocenters. The van der Waals surface area contributed by atoms with Crippen LogP contribution in [0.1, 0.15) is 5.56 Å². The quantitative estimate of drug-likeness (QED) is 0.794. The molecule has 1 heterocycles. The summed E-state index contributed by atoms with van der Waals surface area (Å²) in [6.45, 7) is -0.376. The number of halogens is 3. The van der Waals surface area contributed by atoms with Crippen LogP contribution in [-0.2, 0) is 17.5 Å². The molecule has 0 radical (unpaired) electrons. The Morgan fingerprint density at radius 2 is 2.08 bits per heavy atom. The lowest BCUT2D eigenvalue weighted by Gasteiger charge is -2.14. The van der Waals surface area contributed by atoms with Gasteiger partial charge in [-0.25, -0.2) is 0 Å². The first-order valence-corrected chi connectivity index (χ1v) is 7.46. The van der Waals surface area contributed by atoms with E-state index in [1.807, 2.05) is 6.07 Å². The number of carbonyl (C=O) groups is 1. The molecule has 0 saturated carbocycles. The van der Waals surface area contributed by atoms with Gasteiger partial charge >= 0.3 is 6.18 Å². The van der Waals surface area contributed by atoms with Crippen LogP contribution >= 0.6 is 11.8 Å². The van der Waals surface area contributed by atoms with E-state index in [4.69, 9.17) is 11.0 Å². The van der Waals surface area contributed by atoms with Gasteiger partial charge in [0.25, 0.3) is 0 Å². The van der Waals surface area contributed by atoms with Crippen molar-refractivity contribution in [2.75, 3.05) is 16.8 Å². The number of hydrogen-bond donors (Lipinski definition) is 2. The minimum atomic E-state index is -4.59. The summed E-state index contributed by atoms with van der Waals surface area (Å²) in [6, 6.07) is 6.52. The average Bonchev–Trinajstić information content (AvgIpc) is 2.85. The molecule has 126 valence electrons. The fourth-order valence-corrected chi connectivity index (χ4v) is 2.43. The van der Waals surface area contributed by atoms with E-state index in [1.165, 1.54) is 16.7 Å². The van der Waals surface area contributed by atoms with Crippen molar-refractivity contribution >= 4 is 29.3 Å². The molecule has 0 aliphatic rings. The molecule has 0 bridgehead atoms. The van der Waals surface area contributed by atoms with Gasteiger partial charge in [0.2, 0.25) is 11.9 Å². The van der Waals surface area contributed by atoms with Crippen LogP contribution in [0.2, 0.25) is 0 Å². The van der Waals surface area contributed by atoms with Crippen molar-refractivity contribution < 1.29 is 18.0 Å². The van der Waals surface area contributed by atoms with E-state index in [2.05, 4.69) is 15.5 Å². The summed E-state index contributed by atoms with van der Waals surface area (Å²) in [5, 5.41) is 18.3. The lowest BCUT2D eigenvalue weighted by atomic mass is 10.1. The first-order chi connectivity index (χ1) is 11.3. The van der Waals surface area contributed by atoms with Gasteiger partial charge in [0.05, 0.1) is 23.1 Å². The summed E-state index contributed by atoms with van der Waals surface area (Å²) >= 11 is 1.01. The van der Waals surface area contributed by atoms with E-state index in [0.717, 1.165) is 23.9 Å². The monoisotopic (exact) mass is 356 g/mol. The number of rotatable bonds is 5. The van der Waals surface area contributed by atoms with Gasteiger partial charge in [-0.15, -0.1) is 10.2 Å². The topological polar surface area (TPSA) is 110 Å². The van der Waals surface area contributed by atoms with Crippen molar-refractivity contribution in [2.24, 2.45) is 0 Å². The van der Waals surface area contributed by atoms with Crippen LogP contribution in [0.15, 0.2) is 29.4 Å².